The van der Waals surface area contributed by atoms with Crippen molar-refractivity contribution in [1.82, 2.24) is 20.0 Å². The van der Waals surface area contributed by atoms with Crippen LogP contribution in [0.4, 0.5) is 9.59 Å². The molecule has 368 valence electrons. The van der Waals surface area contributed by atoms with Crippen LogP contribution >= 0.6 is 0 Å². The summed E-state index contributed by atoms with van der Waals surface area (Å²) in [6.07, 6.45) is -0.656. The number of rotatable bonds is 21. The minimum atomic E-state index is -3.87. The Morgan fingerprint density at radius 3 is 1.32 bits per heavy atom. The van der Waals surface area contributed by atoms with Gasteiger partial charge in [-0.3, -0.25) is 9.68 Å². The molecular formula is C52H62N4O11S2. The van der Waals surface area contributed by atoms with E-state index in [1.54, 1.807) is 76.2 Å². The highest BCUT2D eigenvalue weighted by atomic mass is 32.2. The van der Waals surface area contributed by atoms with Crippen molar-refractivity contribution in [3.8, 4) is 22.3 Å². The zero-order chi connectivity index (χ0) is 49.9. The third-order valence-electron chi connectivity index (χ3n) is 9.34. The van der Waals surface area contributed by atoms with E-state index >= 15 is 0 Å². The van der Waals surface area contributed by atoms with E-state index in [0.29, 0.717) is 19.4 Å². The van der Waals surface area contributed by atoms with Gasteiger partial charge in [0, 0.05) is 26.2 Å². The minimum Gasteiger partial charge on any atom is -0.445 e. The van der Waals surface area contributed by atoms with Gasteiger partial charge in [-0.25, -0.2) is 26.4 Å². The third-order valence-corrected chi connectivity index (χ3v) is 12.2. The number of hydroxylamine groups is 1. The van der Waals surface area contributed by atoms with E-state index in [1.165, 1.54) is 0 Å². The summed E-state index contributed by atoms with van der Waals surface area (Å²) in [6, 6.07) is 51.7. The van der Waals surface area contributed by atoms with Crippen LogP contribution < -0.4 is 15.5 Å². The third kappa shape index (κ3) is 20.4. The SMILES string of the molecule is CC(C)ON(CCCNC(=O)OCc1ccccc1)S(=O)(=O)c1ccc(-c2ccccc2)cc1.CC(C)ONS(=O)(=O)c1ccc(-c2ccccc2)cc1.O=C(NCCCO)OCc1ccccc1. The number of ether oxygens (including phenoxy) is 2. The molecule has 0 fully saturated rings. The van der Waals surface area contributed by atoms with E-state index in [0.717, 1.165) is 37.8 Å². The van der Waals surface area contributed by atoms with Gasteiger partial charge in [0.15, 0.2) is 0 Å². The number of hydrogen-bond donors (Lipinski definition) is 4. The molecular weight excluding hydrogens is 921 g/mol. The Kier molecular flexibility index (Phi) is 23.5. The number of carbonyl (C=O) groups excluding carboxylic acids is 2. The molecule has 0 aromatic heterocycles. The molecule has 0 bridgehead atoms. The molecule has 2 amide bonds. The molecule has 17 heteroatoms. The number of nitrogens with zero attached hydrogens (tertiary/aromatic N) is 1. The fraction of sp³-hybridized carbons (Fsp3) is 0.269. The lowest BCUT2D eigenvalue weighted by atomic mass is 10.1. The fourth-order valence-electron chi connectivity index (χ4n) is 5.91. The molecule has 6 rings (SSSR count). The lowest BCUT2D eigenvalue weighted by Crippen LogP contribution is -2.36. The number of sulfonamides is 2. The fourth-order valence-corrected chi connectivity index (χ4v) is 8.19. The highest BCUT2D eigenvalue weighted by molar-refractivity contribution is 7.89. The van der Waals surface area contributed by atoms with Crippen molar-refractivity contribution < 1.29 is 50.7 Å². The summed E-state index contributed by atoms with van der Waals surface area (Å²) in [5.74, 6) is 0. The van der Waals surface area contributed by atoms with Gasteiger partial charge in [-0.2, -0.15) is 0 Å². The van der Waals surface area contributed by atoms with E-state index in [1.807, 2.05) is 121 Å². The van der Waals surface area contributed by atoms with Crippen LogP contribution in [-0.4, -0.2) is 77.0 Å². The van der Waals surface area contributed by atoms with Gasteiger partial charge in [-0.1, -0.05) is 155 Å². The first-order chi connectivity index (χ1) is 33.2. The normalized spacial score (nSPS) is 11.2. The van der Waals surface area contributed by atoms with Crippen molar-refractivity contribution >= 4 is 32.2 Å². The smallest absolute Gasteiger partial charge is 0.407 e. The number of amides is 2. The molecule has 0 saturated heterocycles. The van der Waals surface area contributed by atoms with Crippen molar-refractivity contribution in [3.63, 3.8) is 0 Å². The lowest BCUT2D eigenvalue weighted by molar-refractivity contribution is -0.119. The van der Waals surface area contributed by atoms with Gasteiger partial charge in [0.2, 0.25) is 0 Å². The number of aliphatic hydroxyl groups is 1. The quantitative estimate of drug-likeness (QED) is 0.0396. The topological polar surface area (TPSA) is 199 Å². The average molecular weight is 983 g/mol. The van der Waals surface area contributed by atoms with Crippen LogP contribution in [0.15, 0.2) is 180 Å². The molecule has 0 atom stereocenters. The Balaban J connectivity index is 0.000000250. The maximum Gasteiger partial charge on any atom is 0.407 e. The molecule has 0 aliphatic rings. The zero-order valence-corrected chi connectivity index (χ0v) is 40.9. The van der Waals surface area contributed by atoms with Crippen LogP contribution in [0.1, 0.15) is 51.7 Å². The molecule has 0 unspecified atom stereocenters. The van der Waals surface area contributed by atoms with E-state index in [4.69, 9.17) is 24.3 Å². The van der Waals surface area contributed by atoms with Gasteiger partial charge in [0.25, 0.3) is 20.0 Å². The summed E-state index contributed by atoms with van der Waals surface area (Å²) in [7, 11) is -7.50. The number of alkyl carbamates (subject to hydrolysis) is 2. The highest BCUT2D eigenvalue weighted by Crippen LogP contribution is 2.24. The van der Waals surface area contributed by atoms with Crippen molar-refractivity contribution in [1.29, 1.82) is 0 Å². The van der Waals surface area contributed by atoms with Crippen LogP contribution in [0.25, 0.3) is 22.3 Å². The summed E-state index contributed by atoms with van der Waals surface area (Å²) >= 11 is 0. The molecule has 0 spiro atoms. The number of hydrogen-bond acceptors (Lipinski definition) is 11. The largest absolute Gasteiger partial charge is 0.445 e. The van der Waals surface area contributed by atoms with E-state index in [-0.39, 0.29) is 54.9 Å². The van der Waals surface area contributed by atoms with Gasteiger partial charge in [-0.15, -0.1) is 0 Å². The summed E-state index contributed by atoms with van der Waals surface area (Å²) in [4.78, 5) is 35.9. The van der Waals surface area contributed by atoms with Crippen molar-refractivity contribution in [2.24, 2.45) is 0 Å². The highest BCUT2D eigenvalue weighted by Gasteiger charge is 2.26. The minimum absolute atomic E-state index is 0.0684. The van der Waals surface area contributed by atoms with Gasteiger partial charge < -0.3 is 25.2 Å². The molecule has 6 aromatic carbocycles. The monoisotopic (exact) mass is 982 g/mol. The van der Waals surface area contributed by atoms with Crippen LogP contribution in [0.5, 0.6) is 0 Å². The van der Waals surface area contributed by atoms with Gasteiger partial charge in [0.05, 0.1) is 22.0 Å². The predicted octanol–water partition coefficient (Wildman–Crippen LogP) is 9.27. The molecule has 4 N–H and O–H groups in total. The number of carbonyl (C=O) groups is 2. The maximum atomic E-state index is 13.2. The first-order valence-electron chi connectivity index (χ1n) is 22.4. The van der Waals surface area contributed by atoms with Crippen molar-refractivity contribution in [2.45, 2.75) is 75.7 Å². The zero-order valence-electron chi connectivity index (χ0n) is 39.3. The molecule has 0 heterocycles. The van der Waals surface area contributed by atoms with Crippen LogP contribution in [0.3, 0.4) is 0 Å². The summed E-state index contributed by atoms with van der Waals surface area (Å²) in [5.41, 5.74) is 5.78. The average Bonchev–Trinajstić information content (AvgIpc) is 3.37. The Morgan fingerprint density at radius 2 is 0.913 bits per heavy atom. The van der Waals surface area contributed by atoms with Crippen molar-refractivity contribution in [2.75, 3.05) is 26.2 Å². The number of nitrogens with one attached hydrogen (secondary N) is 3. The molecule has 0 saturated carbocycles. The lowest BCUT2D eigenvalue weighted by Gasteiger charge is -2.23. The first-order valence-corrected chi connectivity index (χ1v) is 25.3. The summed E-state index contributed by atoms with van der Waals surface area (Å²) in [6.45, 7) is 8.30. The van der Waals surface area contributed by atoms with Gasteiger partial charge >= 0.3 is 12.2 Å². The maximum absolute atomic E-state index is 13.2. The number of benzene rings is 6. The van der Waals surface area contributed by atoms with Crippen LogP contribution in [-0.2, 0) is 52.4 Å². The van der Waals surface area contributed by atoms with Crippen LogP contribution in [0.2, 0.25) is 0 Å². The Labute approximate surface area is 406 Å². The molecule has 0 radical (unpaired) electrons. The Morgan fingerprint density at radius 1 is 0.522 bits per heavy atom. The molecule has 0 aliphatic carbocycles. The standard InChI is InChI=1S/C26H30N2O5S.C15H17NO3S.C11H15NO3/c1-21(2)33-28(19-9-18-27-26(29)32-20-22-10-5-3-6-11-22)34(30,31)25-16-14-24(15-17-25)23-12-7-4-8-13-23;1-12(2)19-16-20(17,18)15-10-8-14(9-11-15)13-6-4-3-5-7-13;13-8-4-7-12-11(14)15-9-10-5-2-1-3-6-10/h3-8,10-17,21H,9,18-20H2,1-2H3,(H,27,29);3-12,16H,1-2H3;1-3,5-6,13H,4,7-9H2,(H,12,14). The first kappa shape index (κ1) is 55.2. The van der Waals surface area contributed by atoms with E-state index < -0.39 is 32.2 Å². The second-order valence-electron chi connectivity index (χ2n) is 15.6. The van der Waals surface area contributed by atoms with Crippen LogP contribution in [0, 0.1) is 0 Å². The van der Waals surface area contributed by atoms with E-state index in [2.05, 4.69) is 15.5 Å². The molecule has 15 nitrogen and oxygen atoms in total. The molecule has 0 aliphatic heterocycles. The van der Waals surface area contributed by atoms with Gasteiger partial charge in [-0.05, 0) is 98.2 Å². The number of aliphatic hydroxyl groups excluding tert-OH is 1. The summed E-state index contributed by atoms with van der Waals surface area (Å²) in [5, 5.41) is 13.7. The Bertz CT molecular complexity index is 2610. The van der Waals surface area contributed by atoms with E-state index in [9.17, 15) is 26.4 Å². The molecule has 6 aromatic rings. The Hall–Kier alpha value is -6.44. The second-order valence-corrected chi connectivity index (χ2v) is 19.1. The molecule has 69 heavy (non-hydrogen) atoms. The second kappa shape index (κ2) is 29.4. The van der Waals surface area contributed by atoms with Gasteiger partial charge in [0.1, 0.15) is 13.2 Å². The van der Waals surface area contributed by atoms with Crippen molar-refractivity contribution in [3.05, 3.63) is 181 Å². The predicted molar refractivity (Wildman–Crippen MR) is 266 cm³/mol. The summed E-state index contributed by atoms with van der Waals surface area (Å²) < 4.78 is 61.4.